The zero-order valence-electron chi connectivity index (χ0n) is 18.3. The van der Waals surface area contributed by atoms with E-state index in [0.717, 1.165) is 24.9 Å². The molecule has 0 spiro atoms. The third kappa shape index (κ3) is 4.32. The van der Waals surface area contributed by atoms with Crippen molar-refractivity contribution >= 4 is 12.0 Å². The minimum Gasteiger partial charge on any atom is -0.408 e. The van der Waals surface area contributed by atoms with Crippen LogP contribution < -0.4 is 10.1 Å². The Morgan fingerprint density at radius 3 is 2.91 bits per heavy atom. The molecule has 2 aromatic heterocycles. The number of nitriles is 1. The lowest BCUT2D eigenvalue weighted by molar-refractivity contribution is 0.0686. The van der Waals surface area contributed by atoms with Gasteiger partial charge in [0.25, 0.3) is 5.91 Å². The van der Waals surface area contributed by atoms with E-state index in [-0.39, 0.29) is 24.6 Å². The molecule has 4 rings (SSSR count). The highest BCUT2D eigenvalue weighted by atomic mass is 16.6. The summed E-state index contributed by atoms with van der Waals surface area (Å²) in [7, 11) is 0. The summed E-state index contributed by atoms with van der Waals surface area (Å²) in [6, 6.07) is 6.90. The Bertz CT molecular complexity index is 1040. The highest BCUT2D eigenvalue weighted by molar-refractivity contribution is 5.94. The molecule has 0 aliphatic carbocycles. The zero-order valence-corrected chi connectivity index (χ0v) is 18.3. The van der Waals surface area contributed by atoms with Crippen LogP contribution in [0, 0.1) is 11.3 Å². The summed E-state index contributed by atoms with van der Waals surface area (Å²) in [5.74, 6) is 0.300. The Morgan fingerprint density at radius 1 is 1.41 bits per heavy atom. The van der Waals surface area contributed by atoms with Gasteiger partial charge in [0.2, 0.25) is 0 Å². The molecule has 2 aliphatic rings. The summed E-state index contributed by atoms with van der Waals surface area (Å²) >= 11 is 0. The fraction of sp³-hybridized carbons (Fsp3) is 0.478. The molecule has 9 heteroatoms. The second kappa shape index (κ2) is 9.40. The maximum Gasteiger partial charge on any atom is 0.413 e. The van der Waals surface area contributed by atoms with E-state index >= 15 is 0 Å². The monoisotopic (exact) mass is 437 g/mol. The molecule has 168 valence electrons. The first-order valence-corrected chi connectivity index (χ1v) is 11.0. The van der Waals surface area contributed by atoms with E-state index in [0.29, 0.717) is 42.4 Å². The van der Waals surface area contributed by atoms with Crippen LogP contribution in [0.4, 0.5) is 4.79 Å². The topological polar surface area (TPSA) is 109 Å². The molecule has 9 nitrogen and oxygen atoms in total. The molecule has 1 N–H and O–H groups in total. The Kier molecular flexibility index (Phi) is 6.42. The van der Waals surface area contributed by atoms with E-state index < -0.39 is 6.09 Å². The molecule has 0 radical (unpaired) electrons. The predicted octanol–water partition coefficient (Wildman–Crippen LogP) is 3.15. The van der Waals surface area contributed by atoms with Crippen LogP contribution in [0.1, 0.15) is 66.6 Å². The van der Waals surface area contributed by atoms with E-state index in [2.05, 4.69) is 17.2 Å². The van der Waals surface area contributed by atoms with Gasteiger partial charge < -0.3 is 24.3 Å². The highest BCUT2D eigenvalue weighted by Crippen LogP contribution is 2.30. The van der Waals surface area contributed by atoms with Gasteiger partial charge in [-0.15, -0.1) is 0 Å². The number of likely N-dealkylation sites (tertiary alicyclic amines) is 1. The van der Waals surface area contributed by atoms with Crippen molar-refractivity contribution in [1.29, 1.82) is 5.26 Å². The van der Waals surface area contributed by atoms with Crippen LogP contribution in [0.2, 0.25) is 0 Å². The summed E-state index contributed by atoms with van der Waals surface area (Å²) in [5.41, 5.74) is 2.32. The fourth-order valence-corrected chi connectivity index (χ4v) is 4.31. The van der Waals surface area contributed by atoms with Gasteiger partial charge in [-0.3, -0.25) is 4.79 Å². The number of hydrogen-bond acceptors (Lipinski definition) is 6. The lowest BCUT2D eigenvalue weighted by Crippen LogP contribution is -2.35. The fourth-order valence-electron chi connectivity index (χ4n) is 4.31. The summed E-state index contributed by atoms with van der Waals surface area (Å²) in [6.45, 7) is 6.06. The molecule has 0 saturated carbocycles. The second-order valence-electron chi connectivity index (χ2n) is 8.12. The third-order valence-electron chi connectivity index (χ3n) is 6.11. The normalized spacial score (nSPS) is 18.5. The summed E-state index contributed by atoms with van der Waals surface area (Å²) in [6.07, 6.45) is 3.58. The van der Waals surface area contributed by atoms with Gasteiger partial charge in [-0.25, -0.2) is 9.78 Å². The molecule has 1 saturated heterocycles. The van der Waals surface area contributed by atoms with Gasteiger partial charge in [-0.2, -0.15) is 5.26 Å². The first-order chi connectivity index (χ1) is 15.5. The van der Waals surface area contributed by atoms with E-state index in [1.807, 2.05) is 22.5 Å². The van der Waals surface area contributed by atoms with Crippen LogP contribution in [-0.4, -0.2) is 45.6 Å². The number of carbonyl (C=O) groups excluding carboxylic acids is 2. The molecule has 2 aromatic rings. The van der Waals surface area contributed by atoms with Crippen LogP contribution >= 0.6 is 0 Å². The van der Waals surface area contributed by atoms with E-state index in [1.165, 1.54) is 0 Å². The lowest BCUT2D eigenvalue weighted by atomic mass is 10.1. The average molecular weight is 438 g/mol. The van der Waals surface area contributed by atoms with Crippen molar-refractivity contribution in [3.63, 3.8) is 0 Å². The standard InChI is InChI=1S/C23H27N5O4/c1-3-18(16-6-7-17(12-24)25-13-16)26-23(30)32-21-11-19(28-9-10-31-14-20(21)28)22(29)27-8-4-5-15(27)2/h6-7,11,13,15,18H,3-5,8-10,14H2,1-2H3,(H,26,30)/t15-,18+/m0/s1. The molecule has 0 aromatic carbocycles. The maximum atomic E-state index is 13.2. The number of hydrogen-bond donors (Lipinski definition) is 1. The zero-order chi connectivity index (χ0) is 22.7. The van der Waals surface area contributed by atoms with Gasteiger partial charge in [-0.05, 0) is 37.8 Å². The van der Waals surface area contributed by atoms with Gasteiger partial charge in [0.15, 0.2) is 5.75 Å². The second-order valence-corrected chi connectivity index (χ2v) is 8.12. The summed E-state index contributed by atoms with van der Waals surface area (Å²) in [4.78, 5) is 31.8. The smallest absolute Gasteiger partial charge is 0.408 e. The Hall–Kier alpha value is -3.38. The van der Waals surface area contributed by atoms with E-state index in [4.69, 9.17) is 14.7 Å². The van der Waals surface area contributed by atoms with Gasteiger partial charge in [0.05, 0.1) is 24.9 Å². The largest absolute Gasteiger partial charge is 0.413 e. The molecule has 0 unspecified atom stereocenters. The molecule has 0 bridgehead atoms. The highest BCUT2D eigenvalue weighted by Gasteiger charge is 2.31. The number of amides is 2. The van der Waals surface area contributed by atoms with Crippen LogP contribution in [0.3, 0.4) is 0 Å². The molecule has 2 atom stereocenters. The van der Waals surface area contributed by atoms with Crippen LogP contribution in [0.15, 0.2) is 24.4 Å². The first-order valence-electron chi connectivity index (χ1n) is 11.0. The van der Waals surface area contributed by atoms with Crippen molar-refractivity contribution in [1.82, 2.24) is 19.8 Å². The number of pyridine rings is 1. The minimum absolute atomic E-state index is 0.0384. The first kappa shape index (κ1) is 21.8. The number of nitrogens with one attached hydrogen (secondary N) is 1. The van der Waals surface area contributed by atoms with Gasteiger partial charge in [0.1, 0.15) is 17.5 Å². The Morgan fingerprint density at radius 2 is 2.25 bits per heavy atom. The van der Waals surface area contributed by atoms with Crippen molar-refractivity contribution in [2.24, 2.45) is 0 Å². The third-order valence-corrected chi connectivity index (χ3v) is 6.11. The van der Waals surface area contributed by atoms with Gasteiger partial charge in [0, 0.05) is 31.4 Å². The van der Waals surface area contributed by atoms with E-state index in [1.54, 1.807) is 24.4 Å². The Labute approximate surface area is 186 Å². The molecular formula is C23H27N5O4. The van der Waals surface area contributed by atoms with Crippen LogP contribution in [0.25, 0.3) is 0 Å². The number of fused-ring (bicyclic) bond motifs is 1. The number of nitrogens with zero attached hydrogens (tertiary/aromatic N) is 4. The predicted molar refractivity (Wildman–Crippen MR) is 115 cm³/mol. The van der Waals surface area contributed by atoms with Crippen molar-refractivity contribution in [3.8, 4) is 11.8 Å². The van der Waals surface area contributed by atoms with Gasteiger partial charge >= 0.3 is 6.09 Å². The molecular weight excluding hydrogens is 410 g/mol. The van der Waals surface area contributed by atoms with E-state index in [9.17, 15) is 9.59 Å². The lowest BCUT2D eigenvalue weighted by Gasteiger charge is -2.24. The van der Waals surface area contributed by atoms with Gasteiger partial charge in [-0.1, -0.05) is 13.0 Å². The van der Waals surface area contributed by atoms with Crippen molar-refractivity contribution < 1.29 is 19.1 Å². The quantitative estimate of drug-likeness (QED) is 0.770. The molecule has 2 aliphatic heterocycles. The Balaban J connectivity index is 1.51. The number of carbonyl (C=O) groups is 2. The number of ether oxygens (including phenoxy) is 2. The molecule has 2 amide bonds. The minimum atomic E-state index is -0.617. The average Bonchev–Trinajstić information content (AvgIpc) is 3.41. The van der Waals surface area contributed by atoms with Crippen molar-refractivity contribution in [2.75, 3.05) is 13.2 Å². The van der Waals surface area contributed by atoms with Crippen molar-refractivity contribution in [2.45, 2.75) is 58.3 Å². The SMILES string of the molecule is CC[C@@H](NC(=O)Oc1cc(C(=O)N2CCC[C@@H]2C)n2c1COCC2)c1ccc(C#N)nc1. The molecule has 4 heterocycles. The summed E-state index contributed by atoms with van der Waals surface area (Å²) < 4.78 is 13.1. The van der Waals surface area contributed by atoms with Crippen LogP contribution in [-0.2, 0) is 17.9 Å². The molecule has 32 heavy (non-hydrogen) atoms. The van der Waals surface area contributed by atoms with Crippen molar-refractivity contribution in [3.05, 3.63) is 47.0 Å². The maximum absolute atomic E-state index is 13.2. The van der Waals surface area contributed by atoms with Crippen LogP contribution in [0.5, 0.6) is 5.75 Å². The molecule has 1 fully saturated rings. The number of aromatic nitrogens is 2. The summed E-state index contributed by atoms with van der Waals surface area (Å²) in [5, 5.41) is 11.8. The number of rotatable bonds is 5.